The molecule has 1 heterocycles. The molecule has 1 saturated heterocycles. The van der Waals surface area contributed by atoms with E-state index in [9.17, 15) is 5.11 Å². The fraction of sp³-hybridized carbons (Fsp3) is 0.455. The summed E-state index contributed by atoms with van der Waals surface area (Å²) in [4.78, 5) is 0. The lowest BCUT2D eigenvalue weighted by Gasteiger charge is -2.28. The summed E-state index contributed by atoms with van der Waals surface area (Å²) < 4.78 is 0. The van der Waals surface area contributed by atoms with Crippen LogP contribution < -0.4 is 5.32 Å². The molecule has 0 spiro atoms. The number of β-amino-alcohol motifs (C(OH)–C–C–N with tert-alkyl or cyclic N) is 1. The molecule has 0 bridgehead atoms. The first-order chi connectivity index (χ1) is 6.38. The van der Waals surface area contributed by atoms with Gasteiger partial charge in [0.15, 0.2) is 0 Å². The van der Waals surface area contributed by atoms with Crippen molar-refractivity contribution in [2.75, 3.05) is 13.1 Å². The van der Waals surface area contributed by atoms with Gasteiger partial charge in [0, 0.05) is 12.5 Å². The topological polar surface area (TPSA) is 32.3 Å². The molecule has 1 fully saturated rings. The highest BCUT2D eigenvalue weighted by Crippen LogP contribution is 2.24. The lowest BCUT2D eigenvalue weighted by Crippen LogP contribution is -2.39. The van der Waals surface area contributed by atoms with Crippen LogP contribution >= 0.6 is 12.4 Å². The summed E-state index contributed by atoms with van der Waals surface area (Å²) in [6, 6.07) is 10.3. The van der Waals surface area contributed by atoms with E-state index in [0.29, 0.717) is 5.92 Å². The maximum atomic E-state index is 9.76. The molecule has 14 heavy (non-hydrogen) atoms. The highest BCUT2D eigenvalue weighted by molar-refractivity contribution is 5.85. The van der Waals surface area contributed by atoms with E-state index in [2.05, 4.69) is 17.4 Å². The molecule has 1 aromatic rings. The first-order valence-corrected chi connectivity index (χ1v) is 4.81. The van der Waals surface area contributed by atoms with Gasteiger partial charge >= 0.3 is 0 Å². The molecular weight excluding hydrogens is 198 g/mol. The molecule has 2 nitrogen and oxygen atoms in total. The zero-order chi connectivity index (χ0) is 9.10. The molecular formula is C11H16ClNO. The first-order valence-electron chi connectivity index (χ1n) is 4.81. The van der Waals surface area contributed by atoms with Crippen molar-refractivity contribution in [1.82, 2.24) is 5.32 Å². The summed E-state index contributed by atoms with van der Waals surface area (Å²) in [5.41, 5.74) is 1.26. The summed E-state index contributed by atoms with van der Waals surface area (Å²) >= 11 is 0. The molecule has 3 heteroatoms. The van der Waals surface area contributed by atoms with Gasteiger partial charge in [0.05, 0.1) is 6.10 Å². The lowest BCUT2D eigenvalue weighted by molar-refractivity contribution is 0.118. The Balaban J connectivity index is 0.000000980. The standard InChI is InChI=1S/C11H15NO.ClH/c13-11-8-12-7-6-10(11)9-4-2-1-3-5-9;/h1-5,10-13H,6-8H2;1H/t10-,11-;/m0./s1. The quantitative estimate of drug-likeness (QED) is 0.742. The second-order valence-corrected chi connectivity index (χ2v) is 3.58. The number of aliphatic hydroxyl groups is 1. The molecule has 1 aromatic carbocycles. The molecule has 2 rings (SSSR count). The molecule has 0 unspecified atom stereocenters. The van der Waals surface area contributed by atoms with Crippen molar-refractivity contribution in [1.29, 1.82) is 0 Å². The Bertz CT molecular complexity index is 265. The summed E-state index contributed by atoms with van der Waals surface area (Å²) in [6.07, 6.45) is 0.807. The van der Waals surface area contributed by atoms with Gasteiger partial charge in [-0.2, -0.15) is 0 Å². The molecule has 0 aliphatic carbocycles. The predicted octanol–water partition coefficient (Wildman–Crippen LogP) is 1.55. The van der Waals surface area contributed by atoms with Gasteiger partial charge < -0.3 is 10.4 Å². The van der Waals surface area contributed by atoms with Crippen LogP contribution in [-0.2, 0) is 0 Å². The molecule has 2 N–H and O–H groups in total. The van der Waals surface area contributed by atoms with Gasteiger partial charge in [-0.15, -0.1) is 12.4 Å². The minimum absolute atomic E-state index is 0. The Labute approximate surface area is 90.7 Å². The van der Waals surface area contributed by atoms with E-state index in [1.807, 2.05) is 18.2 Å². The minimum Gasteiger partial charge on any atom is -0.391 e. The van der Waals surface area contributed by atoms with E-state index >= 15 is 0 Å². The Morgan fingerprint density at radius 2 is 1.93 bits per heavy atom. The molecule has 2 atom stereocenters. The average molecular weight is 214 g/mol. The van der Waals surface area contributed by atoms with Crippen LogP contribution in [0.4, 0.5) is 0 Å². The van der Waals surface area contributed by atoms with Gasteiger partial charge in [0.1, 0.15) is 0 Å². The van der Waals surface area contributed by atoms with Crippen LogP contribution in [0, 0.1) is 0 Å². The number of halogens is 1. The summed E-state index contributed by atoms with van der Waals surface area (Å²) in [5.74, 6) is 0.322. The minimum atomic E-state index is -0.226. The summed E-state index contributed by atoms with van der Waals surface area (Å²) in [5, 5.41) is 12.9. The zero-order valence-electron chi connectivity index (χ0n) is 8.02. The zero-order valence-corrected chi connectivity index (χ0v) is 8.83. The van der Waals surface area contributed by atoms with Gasteiger partial charge in [0.2, 0.25) is 0 Å². The summed E-state index contributed by atoms with van der Waals surface area (Å²) in [7, 11) is 0. The predicted molar refractivity (Wildman–Crippen MR) is 59.9 cm³/mol. The Morgan fingerprint density at radius 3 is 2.57 bits per heavy atom. The van der Waals surface area contributed by atoms with E-state index in [1.54, 1.807) is 0 Å². The Kier molecular flexibility index (Phi) is 4.39. The normalized spacial score (nSPS) is 26.6. The largest absolute Gasteiger partial charge is 0.391 e. The smallest absolute Gasteiger partial charge is 0.0733 e. The fourth-order valence-corrected chi connectivity index (χ4v) is 1.93. The van der Waals surface area contributed by atoms with E-state index in [0.717, 1.165) is 19.5 Å². The number of benzene rings is 1. The SMILES string of the molecule is Cl.O[C@H]1CNCC[C@H]1c1ccccc1. The van der Waals surface area contributed by atoms with E-state index < -0.39 is 0 Å². The van der Waals surface area contributed by atoms with Crippen molar-refractivity contribution in [2.45, 2.75) is 18.4 Å². The highest BCUT2D eigenvalue weighted by Gasteiger charge is 2.23. The van der Waals surface area contributed by atoms with Crippen molar-refractivity contribution in [2.24, 2.45) is 0 Å². The van der Waals surface area contributed by atoms with Gasteiger partial charge in [-0.3, -0.25) is 0 Å². The van der Waals surface area contributed by atoms with Gasteiger partial charge in [-0.1, -0.05) is 30.3 Å². The average Bonchev–Trinajstić information content (AvgIpc) is 2.20. The maximum Gasteiger partial charge on any atom is 0.0733 e. The van der Waals surface area contributed by atoms with Crippen LogP contribution in [0.25, 0.3) is 0 Å². The third-order valence-electron chi connectivity index (χ3n) is 2.68. The first kappa shape index (κ1) is 11.5. The second kappa shape index (κ2) is 5.35. The number of aliphatic hydroxyl groups excluding tert-OH is 1. The van der Waals surface area contributed by atoms with E-state index in [-0.39, 0.29) is 18.5 Å². The summed E-state index contributed by atoms with van der Waals surface area (Å²) in [6.45, 7) is 1.73. The molecule has 0 radical (unpaired) electrons. The molecule has 0 aromatic heterocycles. The van der Waals surface area contributed by atoms with Crippen LogP contribution in [0.5, 0.6) is 0 Å². The van der Waals surface area contributed by atoms with Crippen LogP contribution in [0.15, 0.2) is 30.3 Å². The number of piperidine rings is 1. The van der Waals surface area contributed by atoms with Crippen molar-refractivity contribution < 1.29 is 5.11 Å². The van der Waals surface area contributed by atoms with Gasteiger partial charge in [-0.25, -0.2) is 0 Å². The van der Waals surface area contributed by atoms with Crippen LogP contribution in [0.1, 0.15) is 17.9 Å². The molecule has 0 amide bonds. The molecule has 78 valence electrons. The van der Waals surface area contributed by atoms with Crippen LogP contribution in [0.3, 0.4) is 0 Å². The molecule has 0 saturated carbocycles. The van der Waals surface area contributed by atoms with Crippen molar-refractivity contribution in [3.05, 3.63) is 35.9 Å². The van der Waals surface area contributed by atoms with Crippen molar-refractivity contribution in [3.63, 3.8) is 0 Å². The monoisotopic (exact) mass is 213 g/mol. The lowest BCUT2D eigenvalue weighted by atomic mass is 9.88. The Morgan fingerprint density at radius 1 is 1.21 bits per heavy atom. The third kappa shape index (κ3) is 2.47. The Hall–Kier alpha value is -0.570. The molecule has 1 aliphatic rings. The highest BCUT2D eigenvalue weighted by atomic mass is 35.5. The second-order valence-electron chi connectivity index (χ2n) is 3.58. The van der Waals surface area contributed by atoms with Gasteiger partial charge in [0.25, 0.3) is 0 Å². The van der Waals surface area contributed by atoms with E-state index in [1.165, 1.54) is 5.56 Å². The molecule has 1 aliphatic heterocycles. The third-order valence-corrected chi connectivity index (χ3v) is 2.68. The van der Waals surface area contributed by atoms with Crippen LogP contribution in [0.2, 0.25) is 0 Å². The fourth-order valence-electron chi connectivity index (χ4n) is 1.93. The number of hydrogen-bond donors (Lipinski definition) is 2. The maximum absolute atomic E-state index is 9.76. The number of nitrogens with one attached hydrogen (secondary N) is 1. The van der Waals surface area contributed by atoms with Crippen molar-refractivity contribution >= 4 is 12.4 Å². The van der Waals surface area contributed by atoms with Crippen LogP contribution in [-0.4, -0.2) is 24.3 Å². The van der Waals surface area contributed by atoms with Gasteiger partial charge in [-0.05, 0) is 18.5 Å². The van der Waals surface area contributed by atoms with E-state index in [4.69, 9.17) is 0 Å². The van der Waals surface area contributed by atoms with Crippen molar-refractivity contribution in [3.8, 4) is 0 Å². The number of hydrogen-bond acceptors (Lipinski definition) is 2. The number of rotatable bonds is 1.